The minimum absolute atomic E-state index is 0.0654. The van der Waals surface area contributed by atoms with Gasteiger partial charge in [0.25, 0.3) is 0 Å². The molecule has 112 valence electrons. The van der Waals surface area contributed by atoms with Crippen molar-refractivity contribution in [2.75, 3.05) is 13.2 Å². The molecule has 0 spiro atoms. The van der Waals surface area contributed by atoms with E-state index >= 15 is 0 Å². The van der Waals surface area contributed by atoms with Crippen LogP contribution in [0.3, 0.4) is 0 Å². The number of aliphatic hydroxyl groups is 1. The quantitative estimate of drug-likeness (QED) is 0.853. The third-order valence-corrected chi connectivity index (χ3v) is 3.66. The fraction of sp³-hybridized carbons (Fsp3) is 0.250. The van der Waals surface area contributed by atoms with E-state index in [1.54, 1.807) is 30.3 Å². The minimum Gasteiger partial charge on any atom is -0.395 e. The van der Waals surface area contributed by atoms with Crippen molar-refractivity contribution in [1.29, 1.82) is 0 Å². The van der Waals surface area contributed by atoms with Crippen molar-refractivity contribution in [2.24, 2.45) is 0 Å². The van der Waals surface area contributed by atoms with E-state index in [0.29, 0.717) is 30.8 Å². The van der Waals surface area contributed by atoms with Crippen LogP contribution in [0.5, 0.6) is 0 Å². The maximum Gasteiger partial charge on any atom is 0.127 e. The predicted molar refractivity (Wildman–Crippen MR) is 81.7 cm³/mol. The highest BCUT2D eigenvalue weighted by molar-refractivity contribution is 9.10. The molecule has 0 atom stereocenters. The molecule has 0 radical (unpaired) electrons. The maximum atomic E-state index is 13.8. The molecule has 0 aliphatic heterocycles. The van der Waals surface area contributed by atoms with E-state index in [1.807, 2.05) is 4.90 Å². The highest BCUT2D eigenvalue weighted by Gasteiger charge is 2.12. The zero-order chi connectivity index (χ0) is 15.2. The first-order valence-corrected chi connectivity index (χ1v) is 7.40. The standard InChI is InChI=1S/C16H16BrF2NO/c17-14-5-6-16(19)13(9-14)11-20(7-8-21)10-12-3-1-2-4-15(12)18/h1-6,9,21H,7-8,10-11H2. The van der Waals surface area contributed by atoms with Crippen molar-refractivity contribution < 1.29 is 13.9 Å². The first-order chi connectivity index (χ1) is 10.1. The van der Waals surface area contributed by atoms with Crippen molar-refractivity contribution in [1.82, 2.24) is 4.90 Å². The van der Waals surface area contributed by atoms with E-state index in [4.69, 9.17) is 5.11 Å². The lowest BCUT2D eigenvalue weighted by Crippen LogP contribution is -2.27. The topological polar surface area (TPSA) is 23.5 Å². The largest absolute Gasteiger partial charge is 0.395 e. The first-order valence-electron chi connectivity index (χ1n) is 6.60. The zero-order valence-corrected chi connectivity index (χ0v) is 13.0. The van der Waals surface area contributed by atoms with Gasteiger partial charge in [-0.25, -0.2) is 8.78 Å². The van der Waals surface area contributed by atoms with Crippen LogP contribution in [0, 0.1) is 11.6 Å². The van der Waals surface area contributed by atoms with E-state index in [-0.39, 0.29) is 18.2 Å². The molecule has 0 amide bonds. The van der Waals surface area contributed by atoms with Gasteiger partial charge in [0.1, 0.15) is 11.6 Å². The number of hydrogen-bond acceptors (Lipinski definition) is 2. The van der Waals surface area contributed by atoms with Crippen LogP contribution < -0.4 is 0 Å². The van der Waals surface area contributed by atoms with Gasteiger partial charge in [-0.1, -0.05) is 34.1 Å². The third-order valence-electron chi connectivity index (χ3n) is 3.17. The Balaban J connectivity index is 2.16. The third kappa shape index (κ3) is 4.59. The van der Waals surface area contributed by atoms with Crippen molar-refractivity contribution in [2.45, 2.75) is 13.1 Å². The molecule has 0 saturated heterocycles. The number of halogens is 3. The normalized spacial score (nSPS) is 11.1. The van der Waals surface area contributed by atoms with Crippen LogP contribution in [0.25, 0.3) is 0 Å². The number of hydrogen-bond donors (Lipinski definition) is 1. The van der Waals surface area contributed by atoms with Crippen molar-refractivity contribution in [3.05, 3.63) is 69.7 Å². The van der Waals surface area contributed by atoms with E-state index in [0.717, 1.165) is 4.47 Å². The van der Waals surface area contributed by atoms with E-state index < -0.39 is 0 Å². The van der Waals surface area contributed by atoms with Crippen LogP contribution in [0.2, 0.25) is 0 Å². The molecule has 21 heavy (non-hydrogen) atoms. The molecular formula is C16H16BrF2NO. The molecular weight excluding hydrogens is 340 g/mol. The molecule has 2 rings (SSSR count). The summed E-state index contributed by atoms with van der Waals surface area (Å²) in [5.74, 6) is -0.607. The average molecular weight is 356 g/mol. The Morgan fingerprint density at radius 1 is 0.952 bits per heavy atom. The summed E-state index contributed by atoms with van der Waals surface area (Å²) in [6, 6.07) is 11.2. The Bertz CT molecular complexity index is 607. The second kappa shape index (κ2) is 7.64. The molecule has 2 aromatic rings. The smallest absolute Gasteiger partial charge is 0.127 e. The van der Waals surface area contributed by atoms with Gasteiger partial charge >= 0.3 is 0 Å². The summed E-state index contributed by atoms with van der Waals surface area (Å²) in [7, 11) is 0. The molecule has 5 heteroatoms. The van der Waals surface area contributed by atoms with Crippen LogP contribution in [0.1, 0.15) is 11.1 Å². The van der Waals surface area contributed by atoms with Crippen LogP contribution in [-0.2, 0) is 13.1 Å². The Labute approximate surface area is 131 Å². The summed E-state index contributed by atoms with van der Waals surface area (Å²) >= 11 is 3.31. The zero-order valence-electron chi connectivity index (χ0n) is 11.4. The number of nitrogens with zero attached hydrogens (tertiary/aromatic N) is 1. The highest BCUT2D eigenvalue weighted by atomic mass is 79.9. The van der Waals surface area contributed by atoms with Crippen molar-refractivity contribution >= 4 is 15.9 Å². The second-order valence-corrected chi connectivity index (χ2v) is 5.68. The molecule has 2 nitrogen and oxygen atoms in total. The lowest BCUT2D eigenvalue weighted by atomic mass is 10.1. The fourth-order valence-electron chi connectivity index (χ4n) is 2.13. The van der Waals surface area contributed by atoms with Crippen molar-refractivity contribution in [3.63, 3.8) is 0 Å². The van der Waals surface area contributed by atoms with Gasteiger partial charge in [-0.05, 0) is 24.3 Å². The van der Waals surface area contributed by atoms with E-state index in [1.165, 1.54) is 12.1 Å². The molecule has 0 aromatic heterocycles. The number of aliphatic hydroxyl groups excluding tert-OH is 1. The van der Waals surface area contributed by atoms with Gasteiger partial charge in [0.2, 0.25) is 0 Å². The number of benzene rings is 2. The molecule has 0 heterocycles. The summed E-state index contributed by atoms with van der Waals surface area (Å²) < 4.78 is 28.3. The summed E-state index contributed by atoms with van der Waals surface area (Å²) in [6.45, 7) is 0.906. The SMILES string of the molecule is OCCN(Cc1ccccc1F)Cc1cc(Br)ccc1F. The summed E-state index contributed by atoms with van der Waals surface area (Å²) in [5, 5.41) is 9.15. The van der Waals surface area contributed by atoms with Crippen LogP contribution in [0.4, 0.5) is 8.78 Å². The summed E-state index contributed by atoms with van der Waals surface area (Å²) in [6.07, 6.45) is 0. The average Bonchev–Trinajstić information content (AvgIpc) is 2.45. The van der Waals surface area contributed by atoms with Crippen molar-refractivity contribution in [3.8, 4) is 0 Å². The van der Waals surface area contributed by atoms with Gasteiger partial charge in [-0.15, -0.1) is 0 Å². The van der Waals surface area contributed by atoms with Gasteiger partial charge in [0.05, 0.1) is 6.61 Å². The van der Waals surface area contributed by atoms with Gasteiger partial charge in [0, 0.05) is 35.2 Å². The second-order valence-electron chi connectivity index (χ2n) is 4.76. The van der Waals surface area contributed by atoms with Gasteiger partial charge in [0.15, 0.2) is 0 Å². The molecule has 0 aliphatic rings. The van der Waals surface area contributed by atoms with Crippen LogP contribution in [0.15, 0.2) is 46.9 Å². The van der Waals surface area contributed by atoms with Gasteiger partial charge < -0.3 is 5.11 Å². The fourth-order valence-corrected chi connectivity index (χ4v) is 2.54. The summed E-state index contributed by atoms with van der Waals surface area (Å²) in [4.78, 5) is 1.81. The molecule has 1 N–H and O–H groups in total. The lowest BCUT2D eigenvalue weighted by molar-refractivity contribution is 0.181. The Morgan fingerprint density at radius 2 is 1.62 bits per heavy atom. The Hall–Kier alpha value is -1.30. The summed E-state index contributed by atoms with van der Waals surface area (Å²) in [5.41, 5.74) is 1.04. The molecule has 2 aromatic carbocycles. The minimum atomic E-state index is -0.310. The molecule has 0 fully saturated rings. The monoisotopic (exact) mass is 355 g/mol. The predicted octanol–water partition coefficient (Wildman–Crippen LogP) is 3.72. The number of rotatable bonds is 6. The van der Waals surface area contributed by atoms with E-state index in [2.05, 4.69) is 15.9 Å². The van der Waals surface area contributed by atoms with Gasteiger partial charge in [-0.2, -0.15) is 0 Å². The maximum absolute atomic E-state index is 13.8. The lowest BCUT2D eigenvalue weighted by Gasteiger charge is -2.22. The molecule has 0 aliphatic carbocycles. The Morgan fingerprint density at radius 3 is 2.33 bits per heavy atom. The highest BCUT2D eigenvalue weighted by Crippen LogP contribution is 2.19. The van der Waals surface area contributed by atoms with Gasteiger partial charge in [-0.3, -0.25) is 4.90 Å². The van der Waals surface area contributed by atoms with E-state index in [9.17, 15) is 8.78 Å². The first kappa shape index (κ1) is 16.1. The molecule has 0 unspecified atom stereocenters. The van der Waals surface area contributed by atoms with Crippen LogP contribution >= 0.6 is 15.9 Å². The molecule has 0 bridgehead atoms. The molecule has 0 saturated carbocycles. The Kier molecular flexibility index (Phi) is 5.85. The van der Waals surface area contributed by atoms with Crippen LogP contribution in [-0.4, -0.2) is 23.2 Å².